The molecule has 0 atom stereocenters. The molecule has 0 aliphatic heterocycles. The molecule has 3 rings (SSSR count). The van der Waals surface area contributed by atoms with Crippen LogP contribution in [-0.4, -0.2) is 12.4 Å². The third-order valence-electron chi connectivity index (χ3n) is 3.78. The quantitative estimate of drug-likeness (QED) is 0.385. The normalized spacial score (nSPS) is 11.5. The van der Waals surface area contributed by atoms with Gasteiger partial charge >= 0.3 is 0 Å². The van der Waals surface area contributed by atoms with E-state index in [9.17, 15) is 0 Å². The zero-order valence-electron chi connectivity index (χ0n) is 13.6. The molecule has 0 bridgehead atoms. The van der Waals surface area contributed by atoms with Crippen molar-refractivity contribution in [2.24, 2.45) is 10.2 Å². The Labute approximate surface area is 144 Å². The molecule has 118 valence electrons. The topological polar surface area (TPSA) is 24.7 Å². The Morgan fingerprint density at radius 3 is 1.79 bits per heavy atom. The van der Waals surface area contributed by atoms with Crippen LogP contribution in [0.5, 0.6) is 0 Å². The summed E-state index contributed by atoms with van der Waals surface area (Å²) in [5.74, 6) is 0. The Morgan fingerprint density at radius 2 is 1.25 bits per heavy atom. The molecule has 0 unspecified atom stereocenters. The zero-order valence-corrected chi connectivity index (χ0v) is 14.5. The molecule has 0 N–H and O–H groups in total. The molecule has 2 nitrogen and oxygen atoms in total. The van der Waals surface area contributed by atoms with E-state index in [2.05, 4.69) is 95.8 Å². The highest BCUT2D eigenvalue weighted by atomic mass is 31.1. The minimum atomic E-state index is -0.653. The Bertz CT molecular complexity index is 802. The summed E-state index contributed by atoms with van der Waals surface area (Å²) in [6.45, 7) is 5.47. The van der Waals surface area contributed by atoms with Crippen LogP contribution in [-0.2, 0) is 0 Å². The maximum absolute atomic E-state index is 4.17. The lowest BCUT2D eigenvalue weighted by Gasteiger charge is -2.22. The van der Waals surface area contributed by atoms with Crippen LogP contribution in [0.15, 0.2) is 95.1 Å². The van der Waals surface area contributed by atoms with Gasteiger partial charge in [-0.05, 0) is 30.8 Å². The van der Waals surface area contributed by atoms with Gasteiger partial charge < -0.3 is 0 Å². The Balaban J connectivity index is 2.21. The Kier molecular flexibility index (Phi) is 5.30. The Hall–Kier alpha value is -2.57. The largest absolute Gasteiger partial charge is 0.167 e. The fourth-order valence-electron chi connectivity index (χ4n) is 2.72. The SMILES string of the molecule is C=N/N=C(\C)c1ccccc1P(c1ccccc1)c1ccccc1. The summed E-state index contributed by atoms with van der Waals surface area (Å²) in [7, 11) is -0.653. The molecule has 0 aromatic heterocycles. The maximum Gasteiger partial charge on any atom is 0.0678 e. The fraction of sp³-hybridized carbons (Fsp3) is 0.0476. The first-order valence-electron chi connectivity index (χ1n) is 7.81. The van der Waals surface area contributed by atoms with Gasteiger partial charge in [0.2, 0.25) is 0 Å². The second-order valence-electron chi connectivity index (χ2n) is 5.35. The molecule has 0 saturated carbocycles. The van der Waals surface area contributed by atoms with E-state index in [-0.39, 0.29) is 0 Å². The summed E-state index contributed by atoms with van der Waals surface area (Å²) in [4.78, 5) is 0. The third kappa shape index (κ3) is 3.50. The van der Waals surface area contributed by atoms with Crippen molar-refractivity contribution in [3.63, 3.8) is 0 Å². The Morgan fingerprint density at radius 1 is 0.750 bits per heavy atom. The average Bonchev–Trinajstić information content (AvgIpc) is 2.64. The molecule has 0 aliphatic rings. The van der Waals surface area contributed by atoms with Gasteiger partial charge in [-0.15, -0.1) is 0 Å². The molecule has 0 saturated heterocycles. The van der Waals surface area contributed by atoms with Crippen molar-refractivity contribution in [2.75, 3.05) is 0 Å². The third-order valence-corrected chi connectivity index (χ3v) is 6.29. The van der Waals surface area contributed by atoms with Crippen LogP contribution < -0.4 is 15.9 Å². The van der Waals surface area contributed by atoms with Crippen molar-refractivity contribution in [3.8, 4) is 0 Å². The first-order valence-corrected chi connectivity index (χ1v) is 9.15. The summed E-state index contributed by atoms with van der Waals surface area (Å²) in [6, 6.07) is 29.8. The predicted molar refractivity (Wildman–Crippen MR) is 107 cm³/mol. The predicted octanol–water partition coefficient (Wildman–Crippen LogP) is 3.87. The van der Waals surface area contributed by atoms with Crippen LogP contribution in [0, 0.1) is 0 Å². The van der Waals surface area contributed by atoms with Gasteiger partial charge in [0.15, 0.2) is 0 Å². The highest BCUT2D eigenvalue weighted by Crippen LogP contribution is 2.34. The number of hydrogen-bond acceptors (Lipinski definition) is 2. The van der Waals surface area contributed by atoms with Gasteiger partial charge in [-0.3, -0.25) is 0 Å². The van der Waals surface area contributed by atoms with Crippen molar-refractivity contribution >= 4 is 36.3 Å². The maximum atomic E-state index is 4.17. The van der Waals surface area contributed by atoms with E-state index in [4.69, 9.17) is 0 Å². The molecule has 0 heterocycles. The van der Waals surface area contributed by atoms with Crippen molar-refractivity contribution in [3.05, 3.63) is 90.5 Å². The molecule has 24 heavy (non-hydrogen) atoms. The van der Waals surface area contributed by atoms with E-state index in [0.29, 0.717) is 0 Å². The highest BCUT2D eigenvalue weighted by molar-refractivity contribution is 7.80. The molecular weight excluding hydrogens is 311 g/mol. The van der Waals surface area contributed by atoms with E-state index < -0.39 is 7.92 Å². The van der Waals surface area contributed by atoms with E-state index in [1.165, 1.54) is 15.9 Å². The van der Waals surface area contributed by atoms with Gasteiger partial charge in [0.1, 0.15) is 0 Å². The smallest absolute Gasteiger partial charge is 0.0678 e. The van der Waals surface area contributed by atoms with Crippen LogP contribution in [0.25, 0.3) is 0 Å². The van der Waals surface area contributed by atoms with E-state index in [0.717, 1.165) is 11.3 Å². The molecule has 3 aromatic rings. The number of nitrogens with zero attached hydrogens (tertiary/aromatic N) is 2. The summed E-state index contributed by atoms with van der Waals surface area (Å²) in [6.07, 6.45) is 0. The number of benzene rings is 3. The average molecular weight is 330 g/mol. The molecule has 3 heteroatoms. The van der Waals surface area contributed by atoms with E-state index in [1.807, 2.05) is 13.0 Å². The highest BCUT2D eigenvalue weighted by Gasteiger charge is 2.19. The van der Waals surface area contributed by atoms with Crippen molar-refractivity contribution in [1.82, 2.24) is 0 Å². The molecule has 0 aliphatic carbocycles. The minimum absolute atomic E-state index is 0.653. The van der Waals surface area contributed by atoms with Gasteiger partial charge in [-0.25, -0.2) is 0 Å². The van der Waals surface area contributed by atoms with Crippen molar-refractivity contribution in [1.29, 1.82) is 0 Å². The lowest BCUT2D eigenvalue weighted by Crippen LogP contribution is -2.24. The molecular formula is C21H19N2P. The number of rotatable bonds is 5. The lowest BCUT2D eigenvalue weighted by atomic mass is 10.1. The van der Waals surface area contributed by atoms with Crippen LogP contribution in [0.2, 0.25) is 0 Å². The van der Waals surface area contributed by atoms with Gasteiger partial charge in [-0.1, -0.05) is 84.9 Å². The lowest BCUT2D eigenvalue weighted by molar-refractivity contribution is 1.25. The van der Waals surface area contributed by atoms with Gasteiger partial charge in [0.25, 0.3) is 0 Å². The van der Waals surface area contributed by atoms with Crippen molar-refractivity contribution in [2.45, 2.75) is 6.92 Å². The van der Waals surface area contributed by atoms with Crippen LogP contribution >= 0.6 is 7.92 Å². The van der Waals surface area contributed by atoms with E-state index in [1.54, 1.807) is 0 Å². The van der Waals surface area contributed by atoms with Crippen molar-refractivity contribution < 1.29 is 0 Å². The zero-order chi connectivity index (χ0) is 16.8. The molecule has 0 spiro atoms. The summed E-state index contributed by atoms with van der Waals surface area (Å²) in [5.41, 5.74) is 2.02. The summed E-state index contributed by atoms with van der Waals surface area (Å²) in [5, 5.41) is 11.8. The second kappa shape index (κ2) is 7.81. The molecule has 0 amide bonds. The van der Waals surface area contributed by atoms with Crippen LogP contribution in [0.1, 0.15) is 12.5 Å². The van der Waals surface area contributed by atoms with E-state index >= 15 is 0 Å². The number of hydrogen-bond donors (Lipinski definition) is 0. The monoisotopic (exact) mass is 330 g/mol. The first kappa shape index (κ1) is 16.3. The summed E-state index contributed by atoms with van der Waals surface area (Å²) < 4.78 is 0. The van der Waals surface area contributed by atoms with Crippen LogP contribution in [0.4, 0.5) is 0 Å². The standard InChI is InChI=1S/C21H19N2P/c1-17(23-22-2)20-15-9-10-16-21(20)24(18-11-5-3-6-12-18)19-13-7-4-8-14-19/h3-16H,2H2,1H3/b23-17+. The minimum Gasteiger partial charge on any atom is -0.167 e. The second-order valence-corrected chi connectivity index (χ2v) is 7.54. The molecule has 0 fully saturated rings. The van der Waals surface area contributed by atoms with Gasteiger partial charge in [0, 0.05) is 12.3 Å². The molecule has 3 aromatic carbocycles. The van der Waals surface area contributed by atoms with Gasteiger partial charge in [-0.2, -0.15) is 10.2 Å². The molecule has 0 radical (unpaired) electrons. The van der Waals surface area contributed by atoms with Crippen LogP contribution in [0.3, 0.4) is 0 Å². The first-order chi connectivity index (χ1) is 11.8. The van der Waals surface area contributed by atoms with Gasteiger partial charge in [0.05, 0.1) is 5.71 Å². The summed E-state index contributed by atoms with van der Waals surface area (Å²) >= 11 is 0. The fourth-order valence-corrected chi connectivity index (χ4v) is 5.22.